The first-order chi connectivity index (χ1) is 16.7. The van der Waals surface area contributed by atoms with Crippen LogP contribution in [0.1, 0.15) is 35.1 Å². The smallest absolute Gasteiger partial charge is 0.261 e. The Balaban J connectivity index is 1.31. The average molecular weight is 492 g/mol. The van der Waals surface area contributed by atoms with E-state index < -0.39 is 10.0 Å². The van der Waals surface area contributed by atoms with E-state index in [1.807, 2.05) is 32.0 Å². The molecule has 3 aromatic carbocycles. The molecule has 0 spiro atoms. The highest BCUT2D eigenvalue weighted by molar-refractivity contribution is 7.92. The molecule has 0 saturated carbocycles. The second-order valence-electron chi connectivity index (χ2n) is 9.42. The van der Waals surface area contributed by atoms with Gasteiger partial charge in [-0.3, -0.25) is 14.4 Å². The monoisotopic (exact) mass is 491 g/mol. The average Bonchev–Trinajstić information content (AvgIpc) is 2.84. The van der Waals surface area contributed by atoms with E-state index in [-0.39, 0.29) is 16.7 Å². The quantitative estimate of drug-likeness (QED) is 0.472. The zero-order valence-corrected chi connectivity index (χ0v) is 21.4. The number of aryl methyl sites for hydroxylation is 3. The third kappa shape index (κ3) is 6.29. The molecule has 7 heteroatoms. The third-order valence-corrected chi connectivity index (χ3v) is 8.00. The van der Waals surface area contributed by atoms with Gasteiger partial charge in [-0.05, 0) is 87.7 Å². The standard InChI is InChI=1S/C28H33N3O3S/c1-20-7-9-23(10-8-20)19-31-17-15-24(16-18-31)28(32)29-25-11-13-26(14-12-25)35(33,34)30-27-21(2)5-4-6-22(27)3/h4-14,24,30H,15-19H2,1-3H3,(H,29,32). The Morgan fingerprint density at radius 1 is 0.886 bits per heavy atom. The number of piperidine rings is 1. The number of amides is 1. The van der Waals surface area contributed by atoms with Crippen LogP contribution in [0.15, 0.2) is 71.6 Å². The molecule has 1 heterocycles. The molecule has 0 aliphatic carbocycles. The molecule has 0 aromatic heterocycles. The van der Waals surface area contributed by atoms with Gasteiger partial charge in [-0.1, -0.05) is 48.0 Å². The highest BCUT2D eigenvalue weighted by Gasteiger charge is 2.25. The summed E-state index contributed by atoms with van der Waals surface area (Å²) in [4.78, 5) is 15.3. The van der Waals surface area contributed by atoms with Gasteiger partial charge in [0.15, 0.2) is 0 Å². The molecule has 4 rings (SSSR count). The number of sulfonamides is 1. The summed E-state index contributed by atoms with van der Waals surface area (Å²) < 4.78 is 28.4. The first kappa shape index (κ1) is 24.9. The number of likely N-dealkylation sites (tertiary alicyclic amines) is 1. The highest BCUT2D eigenvalue weighted by atomic mass is 32.2. The number of hydrogen-bond donors (Lipinski definition) is 2. The molecule has 6 nitrogen and oxygen atoms in total. The van der Waals surface area contributed by atoms with Gasteiger partial charge in [-0.2, -0.15) is 0 Å². The Kier molecular flexibility index (Phi) is 7.57. The van der Waals surface area contributed by atoms with Crippen molar-refractivity contribution in [3.8, 4) is 0 Å². The van der Waals surface area contributed by atoms with Gasteiger partial charge in [0, 0.05) is 18.2 Å². The molecule has 35 heavy (non-hydrogen) atoms. The molecular formula is C28H33N3O3S. The lowest BCUT2D eigenvalue weighted by molar-refractivity contribution is -0.121. The van der Waals surface area contributed by atoms with Crippen LogP contribution in [0.25, 0.3) is 0 Å². The van der Waals surface area contributed by atoms with E-state index in [9.17, 15) is 13.2 Å². The number of anilines is 2. The second kappa shape index (κ2) is 10.6. The number of para-hydroxylation sites is 1. The molecule has 1 amide bonds. The summed E-state index contributed by atoms with van der Waals surface area (Å²) in [6.45, 7) is 8.50. The molecule has 1 fully saturated rings. The molecule has 0 radical (unpaired) electrons. The maximum Gasteiger partial charge on any atom is 0.261 e. The summed E-state index contributed by atoms with van der Waals surface area (Å²) >= 11 is 0. The van der Waals surface area contributed by atoms with Crippen LogP contribution in [0.2, 0.25) is 0 Å². The van der Waals surface area contributed by atoms with Crippen molar-refractivity contribution in [1.29, 1.82) is 0 Å². The predicted octanol–water partition coefficient (Wildman–Crippen LogP) is 5.26. The van der Waals surface area contributed by atoms with Crippen LogP contribution in [0.5, 0.6) is 0 Å². The molecular weight excluding hydrogens is 458 g/mol. The van der Waals surface area contributed by atoms with Crippen LogP contribution in [-0.4, -0.2) is 32.3 Å². The number of carbonyl (C=O) groups excluding carboxylic acids is 1. The van der Waals surface area contributed by atoms with E-state index in [4.69, 9.17) is 0 Å². The minimum atomic E-state index is -3.73. The Morgan fingerprint density at radius 2 is 1.49 bits per heavy atom. The van der Waals surface area contributed by atoms with Crippen LogP contribution in [0.4, 0.5) is 11.4 Å². The lowest BCUT2D eigenvalue weighted by atomic mass is 9.95. The molecule has 1 aliphatic rings. The maximum absolute atomic E-state index is 12.9. The van der Waals surface area contributed by atoms with E-state index in [0.29, 0.717) is 11.4 Å². The number of nitrogens with zero attached hydrogens (tertiary/aromatic N) is 1. The number of carbonyl (C=O) groups is 1. The van der Waals surface area contributed by atoms with Gasteiger partial charge in [0.1, 0.15) is 0 Å². The second-order valence-corrected chi connectivity index (χ2v) is 11.1. The summed E-state index contributed by atoms with van der Waals surface area (Å²) in [6, 6.07) is 20.6. The van der Waals surface area contributed by atoms with Crippen molar-refractivity contribution in [2.24, 2.45) is 5.92 Å². The summed E-state index contributed by atoms with van der Waals surface area (Å²) in [6.07, 6.45) is 1.62. The van der Waals surface area contributed by atoms with Crippen molar-refractivity contribution < 1.29 is 13.2 Å². The normalized spacial score (nSPS) is 15.1. The van der Waals surface area contributed by atoms with Crippen molar-refractivity contribution >= 4 is 27.3 Å². The third-order valence-electron chi connectivity index (χ3n) is 6.63. The number of rotatable bonds is 7. The first-order valence-electron chi connectivity index (χ1n) is 12.0. The van der Waals surface area contributed by atoms with Gasteiger partial charge in [0.05, 0.1) is 10.6 Å². The van der Waals surface area contributed by atoms with Crippen LogP contribution in [-0.2, 0) is 21.4 Å². The van der Waals surface area contributed by atoms with Crippen molar-refractivity contribution in [3.63, 3.8) is 0 Å². The summed E-state index contributed by atoms with van der Waals surface area (Å²) in [5, 5.41) is 2.96. The van der Waals surface area contributed by atoms with Crippen LogP contribution >= 0.6 is 0 Å². The molecule has 184 valence electrons. The maximum atomic E-state index is 12.9. The van der Waals surface area contributed by atoms with Gasteiger partial charge in [0.25, 0.3) is 10.0 Å². The van der Waals surface area contributed by atoms with Gasteiger partial charge in [-0.25, -0.2) is 8.42 Å². The van der Waals surface area contributed by atoms with E-state index >= 15 is 0 Å². The van der Waals surface area contributed by atoms with Crippen molar-refractivity contribution in [1.82, 2.24) is 4.90 Å². The Bertz CT molecular complexity index is 1260. The molecule has 0 unspecified atom stereocenters. The Morgan fingerprint density at radius 3 is 2.09 bits per heavy atom. The minimum Gasteiger partial charge on any atom is -0.326 e. The molecule has 1 saturated heterocycles. The minimum absolute atomic E-state index is 0.00995. The number of nitrogens with one attached hydrogen (secondary N) is 2. The lowest BCUT2D eigenvalue weighted by Crippen LogP contribution is -2.37. The first-order valence-corrected chi connectivity index (χ1v) is 13.5. The molecule has 1 aliphatic heterocycles. The molecule has 0 bridgehead atoms. The summed E-state index contributed by atoms with van der Waals surface area (Å²) in [7, 11) is -3.73. The van der Waals surface area contributed by atoms with Crippen molar-refractivity contribution in [3.05, 3.63) is 89.0 Å². The van der Waals surface area contributed by atoms with Gasteiger partial charge in [-0.15, -0.1) is 0 Å². The fraction of sp³-hybridized carbons (Fsp3) is 0.321. The van der Waals surface area contributed by atoms with E-state index in [1.165, 1.54) is 23.3 Å². The Hall–Kier alpha value is -3.16. The molecule has 2 N–H and O–H groups in total. The van der Waals surface area contributed by atoms with E-state index in [2.05, 4.69) is 46.1 Å². The van der Waals surface area contributed by atoms with E-state index in [0.717, 1.165) is 43.6 Å². The van der Waals surface area contributed by atoms with Crippen LogP contribution in [0, 0.1) is 26.7 Å². The number of hydrogen-bond acceptors (Lipinski definition) is 4. The van der Waals surface area contributed by atoms with Gasteiger partial charge >= 0.3 is 0 Å². The SMILES string of the molecule is Cc1ccc(CN2CCC(C(=O)Nc3ccc(S(=O)(=O)Nc4c(C)cccc4C)cc3)CC2)cc1. The van der Waals surface area contributed by atoms with Crippen LogP contribution in [0.3, 0.4) is 0 Å². The highest BCUT2D eigenvalue weighted by Crippen LogP contribution is 2.25. The zero-order valence-electron chi connectivity index (χ0n) is 20.5. The van der Waals surface area contributed by atoms with Crippen molar-refractivity contribution in [2.75, 3.05) is 23.1 Å². The van der Waals surface area contributed by atoms with Gasteiger partial charge < -0.3 is 5.32 Å². The summed E-state index contributed by atoms with van der Waals surface area (Å²) in [5.41, 5.74) is 5.47. The summed E-state index contributed by atoms with van der Waals surface area (Å²) in [5.74, 6) is -0.0531. The zero-order chi connectivity index (χ0) is 25.0. The molecule has 3 aromatic rings. The van der Waals surface area contributed by atoms with Crippen LogP contribution < -0.4 is 10.0 Å². The predicted molar refractivity (Wildman–Crippen MR) is 141 cm³/mol. The largest absolute Gasteiger partial charge is 0.326 e. The van der Waals surface area contributed by atoms with Gasteiger partial charge in [0.2, 0.25) is 5.91 Å². The fourth-order valence-corrected chi connectivity index (χ4v) is 5.64. The van der Waals surface area contributed by atoms with E-state index in [1.54, 1.807) is 12.1 Å². The molecule has 0 atom stereocenters. The van der Waals surface area contributed by atoms with Crippen molar-refractivity contribution in [2.45, 2.75) is 45.1 Å². The number of benzene rings is 3. The fourth-order valence-electron chi connectivity index (χ4n) is 4.44. The Labute approximate surface area is 208 Å². The lowest BCUT2D eigenvalue weighted by Gasteiger charge is -2.31. The topological polar surface area (TPSA) is 78.5 Å².